The fourth-order valence-corrected chi connectivity index (χ4v) is 7.67. The minimum Gasteiger partial charge on any atom is -0.0686 e. The molecule has 1 fully saturated rings. The van der Waals surface area contributed by atoms with Crippen LogP contribution in [0, 0.1) is 12.8 Å². The number of aryl methyl sites for hydroxylation is 1. The average Bonchev–Trinajstić information content (AvgIpc) is 2.91. The van der Waals surface area contributed by atoms with E-state index in [0.717, 1.165) is 0 Å². The van der Waals surface area contributed by atoms with Gasteiger partial charge in [-0.1, -0.05) is 132 Å². The Hall–Kier alpha value is -2.63. The molecule has 188 valence electrons. The molecule has 0 nitrogen and oxygen atoms in total. The summed E-state index contributed by atoms with van der Waals surface area (Å²) in [4.78, 5) is 0. The van der Waals surface area contributed by atoms with Crippen molar-refractivity contribution < 1.29 is 0 Å². The summed E-state index contributed by atoms with van der Waals surface area (Å²) in [6.07, 6.45) is 8.03. The molecule has 4 aromatic rings. The standard InChI is InChI=1S/C35H41BP/c1-27-19-23-33(24-20-27)36(32-17-9-6-10-18-32)35(31-22-21-28-13-11-12-16-30(28)25-31)34(26-37(2,3)4)29-14-7-5-8-15-29/h6,9-13,16-25,29H,5,7-8,14-15,26H2,1-4H3/q+1/b35-34+. The van der Waals surface area contributed by atoms with Crippen molar-refractivity contribution >= 4 is 41.1 Å². The van der Waals surface area contributed by atoms with Crippen LogP contribution < -0.4 is 10.9 Å². The first kappa shape index (κ1) is 26.0. The fourth-order valence-electron chi connectivity index (χ4n) is 6.22. The van der Waals surface area contributed by atoms with E-state index in [4.69, 9.17) is 0 Å². The highest BCUT2D eigenvalue weighted by Crippen LogP contribution is 2.52. The minimum absolute atomic E-state index is 0.228. The van der Waals surface area contributed by atoms with E-state index in [1.54, 1.807) is 11.0 Å². The van der Waals surface area contributed by atoms with Gasteiger partial charge in [0.2, 0.25) is 6.71 Å². The van der Waals surface area contributed by atoms with E-state index in [1.165, 1.54) is 71.1 Å². The molecule has 1 aliphatic carbocycles. The summed E-state index contributed by atoms with van der Waals surface area (Å²) >= 11 is 0. The normalized spacial score (nSPS) is 15.5. The molecule has 0 spiro atoms. The van der Waals surface area contributed by atoms with E-state index in [-0.39, 0.29) is 6.71 Å². The fraction of sp³-hybridized carbons (Fsp3) is 0.314. The third-order valence-corrected chi connectivity index (χ3v) is 9.27. The predicted molar refractivity (Wildman–Crippen MR) is 170 cm³/mol. The summed E-state index contributed by atoms with van der Waals surface area (Å²) in [5, 5.41) is 2.65. The van der Waals surface area contributed by atoms with Gasteiger partial charge in [0, 0.05) is 27.3 Å². The van der Waals surface area contributed by atoms with Crippen molar-refractivity contribution in [2.45, 2.75) is 39.0 Å². The van der Waals surface area contributed by atoms with Crippen LogP contribution in [0.15, 0.2) is 103 Å². The van der Waals surface area contributed by atoms with Crippen molar-refractivity contribution in [2.75, 3.05) is 26.2 Å². The van der Waals surface area contributed by atoms with Gasteiger partial charge >= 0.3 is 0 Å². The summed E-state index contributed by atoms with van der Waals surface area (Å²) in [7, 11) is -1.05. The maximum Gasteiger partial charge on any atom is 0.242 e. The zero-order chi connectivity index (χ0) is 25.8. The van der Waals surface area contributed by atoms with Gasteiger partial charge in [-0.3, -0.25) is 0 Å². The molecule has 0 amide bonds. The SMILES string of the molecule is Cc1ccc(B(/C(=C(\C[P+](C)(C)C)C2CCCCC2)c2ccc3ccccc3c2)c2ccccc2)cc1. The second kappa shape index (κ2) is 11.4. The monoisotopic (exact) mass is 503 g/mol. The van der Waals surface area contributed by atoms with Gasteiger partial charge in [0.05, 0.1) is 6.16 Å². The first-order chi connectivity index (χ1) is 17.9. The van der Waals surface area contributed by atoms with E-state index < -0.39 is 7.26 Å². The van der Waals surface area contributed by atoms with Crippen LogP contribution in [-0.4, -0.2) is 32.9 Å². The Bertz CT molecular complexity index is 1360. The molecule has 0 atom stereocenters. The molecule has 0 unspecified atom stereocenters. The summed E-state index contributed by atoms with van der Waals surface area (Å²) in [5.74, 6) is 0.686. The lowest BCUT2D eigenvalue weighted by molar-refractivity contribution is 0.405. The highest BCUT2D eigenvalue weighted by atomic mass is 31.2. The molecule has 0 heterocycles. The molecule has 0 bridgehead atoms. The second-order valence-corrected chi connectivity index (χ2v) is 16.9. The number of fused-ring (bicyclic) bond motifs is 1. The van der Waals surface area contributed by atoms with Crippen molar-refractivity contribution in [3.63, 3.8) is 0 Å². The molecule has 0 N–H and O–H groups in total. The molecule has 2 heteroatoms. The molecule has 0 aromatic heterocycles. The van der Waals surface area contributed by atoms with Gasteiger partial charge in [-0.25, -0.2) is 0 Å². The van der Waals surface area contributed by atoms with E-state index in [1.807, 2.05) is 0 Å². The lowest BCUT2D eigenvalue weighted by Gasteiger charge is -2.32. The molecule has 1 aliphatic rings. The molecular weight excluding hydrogens is 462 g/mol. The zero-order valence-corrected chi connectivity index (χ0v) is 24.0. The first-order valence-electron chi connectivity index (χ1n) is 14.0. The van der Waals surface area contributed by atoms with Crippen molar-refractivity contribution in [1.29, 1.82) is 0 Å². The smallest absolute Gasteiger partial charge is 0.0686 e. The van der Waals surface area contributed by atoms with Gasteiger partial charge < -0.3 is 0 Å². The van der Waals surface area contributed by atoms with Gasteiger partial charge in [0.1, 0.15) is 0 Å². The van der Waals surface area contributed by atoms with E-state index in [9.17, 15) is 0 Å². The molecule has 5 rings (SSSR count). The molecule has 0 aliphatic heterocycles. The first-order valence-corrected chi connectivity index (χ1v) is 17.3. The van der Waals surface area contributed by atoms with Crippen molar-refractivity contribution in [3.8, 4) is 0 Å². The number of hydrogen-bond donors (Lipinski definition) is 0. The van der Waals surface area contributed by atoms with Gasteiger partial charge in [0.15, 0.2) is 0 Å². The maximum absolute atomic E-state index is 2.53. The van der Waals surface area contributed by atoms with Crippen molar-refractivity contribution in [1.82, 2.24) is 0 Å². The quantitative estimate of drug-likeness (QED) is 0.176. The lowest BCUT2D eigenvalue weighted by Crippen LogP contribution is -2.44. The number of benzene rings is 4. The largest absolute Gasteiger partial charge is 0.242 e. The summed E-state index contributed by atoms with van der Waals surface area (Å²) in [6, 6.07) is 36.6. The minimum atomic E-state index is -1.05. The van der Waals surface area contributed by atoms with Gasteiger partial charge in [-0.05, 0) is 53.7 Å². The Morgan fingerprint density at radius 3 is 2.00 bits per heavy atom. The van der Waals surface area contributed by atoms with Crippen LogP contribution in [0.4, 0.5) is 0 Å². The highest BCUT2D eigenvalue weighted by Gasteiger charge is 2.34. The summed E-state index contributed by atoms with van der Waals surface area (Å²) < 4.78 is 0. The van der Waals surface area contributed by atoms with Gasteiger partial charge in [0.25, 0.3) is 0 Å². The maximum atomic E-state index is 2.53. The highest BCUT2D eigenvalue weighted by molar-refractivity contribution is 7.74. The van der Waals surface area contributed by atoms with Crippen LogP contribution in [0.3, 0.4) is 0 Å². The lowest BCUT2D eigenvalue weighted by atomic mass is 9.34. The van der Waals surface area contributed by atoms with Crippen LogP contribution in [-0.2, 0) is 0 Å². The second-order valence-electron chi connectivity index (χ2n) is 12.0. The van der Waals surface area contributed by atoms with Crippen LogP contribution >= 0.6 is 7.26 Å². The molecule has 4 aromatic carbocycles. The number of allylic oxidation sites excluding steroid dienone is 1. The van der Waals surface area contributed by atoms with Gasteiger partial charge in [-0.2, -0.15) is 0 Å². The van der Waals surface area contributed by atoms with Crippen LogP contribution in [0.2, 0.25) is 0 Å². The predicted octanol–water partition coefficient (Wildman–Crippen LogP) is 8.24. The zero-order valence-electron chi connectivity index (χ0n) is 23.1. The molecule has 1 saturated carbocycles. The molecular formula is C35H41BP+. The Kier molecular flexibility index (Phi) is 8.02. The number of rotatable bonds is 7. The Balaban J connectivity index is 1.82. The van der Waals surface area contributed by atoms with Crippen LogP contribution in [0.1, 0.15) is 43.2 Å². The van der Waals surface area contributed by atoms with Crippen molar-refractivity contribution in [2.24, 2.45) is 5.92 Å². The third-order valence-electron chi connectivity index (χ3n) is 7.98. The summed E-state index contributed by atoms with van der Waals surface area (Å²) in [6.45, 7) is 10.00. The van der Waals surface area contributed by atoms with E-state index >= 15 is 0 Å². The van der Waals surface area contributed by atoms with Gasteiger partial charge in [-0.15, -0.1) is 0 Å². The number of hydrogen-bond acceptors (Lipinski definition) is 0. The Morgan fingerprint density at radius 1 is 0.703 bits per heavy atom. The van der Waals surface area contributed by atoms with E-state index in [0.29, 0.717) is 5.92 Å². The molecule has 0 radical (unpaired) electrons. The van der Waals surface area contributed by atoms with Crippen LogP contribution in [0.25, 0.3) is 16.2 Å². The Morgan fingerprint density at radius 2 is 1.32 bits per heavy atom. The van der Waals surface area contributed by atoms with E-state index in [2.05, 4.69) is 124 Å². The van der Waals surface area contributed by atoms with Crippen molar-refractivity contribution in [3.05, 3.63) is 114 Å². The molecule has 37 heavy (non-hydrogen) atoms. The summed E-state index contributed by atoms with van der Waals surface area (Å²) in [5.41, 5.74) is 8.84. The average molecular weight is 503 g/mol. The molecule has 0 saturated heterocycles. The topological polar surface area (TPSA) is 0 Å². The van der Waals surface area contributed by atoms with Crippen LogP contribution in [0.5, 0.6) is 0 Å². The third kappa shape index (κ3) is 6.27. The Labute approximate surface area is 225 Å².